The van der Waals surface area contributed by atoms with Crippen LogP contribution < -0.4 is 4.90 Å². The van der Waals surface area contributed by atoms with Crippen molar-refractivity contribution in [3.63, 3.8) is 0 Å². The molecule has 10 heteroatoms. The second kappa shape index (κ2) is 10.2. The summed E-state index contributed by atoms with van der Waals surface area (Å²) in [5.74, 6) is -1.91. The number of hydrogen-bond donors (Lipinski definition) is 0. The molecule has 2 aromatic carbocycles. The Morgan fingerprint density at radius 1 is 1.16 bits per heavy atom. The van der Waals surface area contributed by atoms with E-state index in [4.69, 9.17) is 4.74 Å². The van der Waals surface area contributed by atoms with Crippen LogP contribution in [0.5, 0.6) is 0 Å². The first-order valence-electron chi connectivity index (χ1n) is 9.56. The molecular weight excluding hydrogens is 506 g/mol. The molecule has 0 radical (unpaired) electrons. The van der Waals surface area contributed by atoms with E-state index in [2.05, 4.69) is 15.9 Å². The van der Waals surface area contributed by atoms with Gasteiger partial charge in [0, 0.05) is 41.5 Å². The Bertz CT molecular complexity index is 1130. The van der Waals surface area contributed by atoms with Gasteiger partial charge >= 0.3 is 5.97 Å². The third kappa shape index (κ3) is 4.81. The van der Waals surface area contributed by atoms with Crippen molar-refractivity contribution < 1.29 is 23.2 Å². The van der Waals surface area contributed by atoms with E-state index in [9.17, 15) is 23.7 Å². The van der Waals surface area contributed by atoms with Crippen LogP contribution >= 0.6 is 27.3 Å². The molecular formula is C22H19BrF2N2O4S. The number of ether oxygens (including phenoxy) is 1. The number of esters is 1. The van der Waals surface area contributed by atoms with E-state index in [1.807, 2.05) is 0 Å². The van der Waals surface area contributed by atoms with Gasteiger partial charge in [0.15, 0.2) is 0 Å². The van der Waals surface area contributed by atoms with E-state index in [1.165, 1.54) is 41.7 Å². The standard InChI is InChI=1S/C22H19BrF2N2O4S/c1-3-31-22(28)19-15(11-23)20(13-7-9-14(10-8-13)27(29)30)32-21(19)26(2)12-16-17(24)5-4-6-18(16)25/h4-10H,3,11-12H2,1-2H3. The number of alkyl halides is 1. The summed E-state index contributed by atoms with van der Waals surface area (Å²) < 4.78 is 33.7. The Balaban J connectivity index is 2.11. The predicted octanol–water partition coefficient (Wildman–Crippen LogP) is 6.31. The molecule has 0 amide bonds. The number of nitro groups is 1. The monoisotopic (exact) mass is 524 g/mol. The van der Waals surface area contributed by atoms with E-state index < -0.39 is 22.5 Å². The van der Waals surface area contributed by atoms with Gasteiger partial charge in [0.05, 0.1) is 17.1 Å². The van der Waals surface area contributed by atoms with Crippen molar-refractivity contribution in [3.05, 3.63) is 80.9 Å². The second-order valence-corrected chi connectivity index (χ2v) is 8.36. The molecule has 0 unspecified atom stereocenters. The normalized spacial score (nSPS) is 10.8. The molecule has 0 spiro atoms. The molecule has 0 aliphatic heterocycles. The third-order valence-corrected chi connectivity index (χ3v) is 6.70. The Kier molecular flexibility index (Phi) is 7.57. The third-order valence-electron chi connectivity index (χ3n) is 4.75. The van der Waals surface area contributed by atoms with Crippen molar-refractivity contribution in [2.45, 2.75) is 18.8 Å². The number of thiophene rings is 1. The van der Waals surface area contributed by atoms with Crippen molar-refractivity contribution >= 4 is 43.9 Å². The van der Waals surface area contributed by atoms with Gasteiger partial charge in [-0.05, 0) is 42.3 Å². The summed E-state index contributed by atoms with van der Waals surface area (Å²) in [6.07, 6.45) is 0. The van der Waals surface area contributed by atoms with Crippen molar-refractivity contribution in [2.75, 3.05) is 18.6 Å². The van der Waals surface area contributed by atoms with E-state index in [-0.39, 0.29) is 24.4 Å². The van der Waals surface area contributed by atoms with Crippen LogP contribution in [0.3, 0.4) is 0 Å². The smallest absolute Gasteiger partial charge is 0.341 e. The van der Waals surface area contributed by atoms with Crippen molar-refractivity contribution in [2.24, 2.45) is 0 Å². The van der Waals surface area contributed by atoms with Gasteiger partial charge in [-0.1, -0.05) is 22.0 Å². The van der Waals surface area contributed by atoms with E-state index >= 15 is 0 Å². The maximum atomic E-state index is 14.2. The van der Waals surface area contributed by atoms with E-state index in [0.29, 0.717) is 31.9 Å². The highest BCUT2D eigenvalue weighted by Gasteiger charge is 2.28. The fourth-order valence-corrected chi connectivity index (χ4v) is 5.24. The van der Waals surface area contributed by atoms with Crippen molar-refractivity contribution in [3.8, 4) is 10.4 Å². The number of carbonyl (C=O) groups excluding carboxylic acids is 1. The van der Waals surface area contributed by atoms with E-state index in [0.717, 1.165) is 0 Å². The SMILES string of the molecule is CCOC(=O)c1c(N(C)Cc2c(F)cccc2F)sc(-c2ccc([N+](=O)[O-])cc2)c1CBr. The molecule has 0 aliphatic carbocycles. The van der Waals surface area contributed by atoms with Gasteiger partial charge in [0.2, 0.25) is 0 Å². The van der Waals surface area contributed by atoms with Crippen molar-refractivity contribution in [1.82, 2.24) is 0 Å². The molecule has 0 saturated carbocycles. The minimum absolute atomic E-state index is 0.0521. The fourth-order valence-electron chi connectivity index (χ4n) is 3.22. The molecule has 1 heterocycles. The van der Waals surface area contributed by atoms with Gasteiger partial charge in [-0.25, -0.2) is 13.6 Å². The van der Waals surface area contributed by atoms with Crippen LogP contribution in [0.15, 0.2) is 42.5 Å². The topological polar surface area (TPSA) is 72.7 Å². The second-order valence-electron chi connectivity index (χ2n) is 6.80. The average molecular weight is 525 g/mol. The highest BCUT2D eigenvalue weighted by Crippen LogP contribution is 2.44. The Morgan fingerprint density at radius 3 is 2.31 bits per heavy atom. The van der Waals surface area contributed by atoms with Crippen molar-refractivity contribution in [1.29, 1.82) is 0 Å². The number of carbonyl (C=O) groups is 1. The molecule has 168 valence electrons. The van der Waals surface area contributed by atoms with Gasteiger partial charge in [0.25, 0.3) is 5.69 Å². The summed E-state index contributed by atoms with van der Waals surface area (Å²) >= 11 is 4.67. The highest BCUT2D eigenvalue weighted by molar-refractivity contribution is 9.08. The number of benzene rings is 2. The van der Waals surface area contributed by atoms with Crippen LogP contribution in [0.2, 0.25) is 0 Å². The van der Waals surface area contributed by atoms with Gasteiger partial charge < -0.3 is 9.64 Å². The lowest BCUT2D eigenvalue weighted by Gasteiger charge is -2.20. The number of nitro benzene ring substituents is 1. The number of non-ortho nitro benzene ring substituents is 1. The maximum Gasteiger partial charge on any atom is 0.341 e. The lowest BCUT2D eigenvalue weighted by molar-refractivity contribution is -0.384. The maximum absolute atomic E-state index is 14.2. The molecule has 0 fully saturated rings. The molecule has 3 rings (SSSR count). The molecule has 0 saturated heterocycles. The molecule has 0 bridgehead atoms. The zero-order chi connectivity index (χ0) is 23.4. The Labute approximate surface area is 195 Å². The predicted molar refractivity (Wildman–Crippen MR) is 123 cm³/mol. The van der Waals surface area contributed by atoms with Crippen LogP contribution in [0.25, 0.3) is 10.4 Å². The molecule has 0 N–H and O–H groups in total. The van der Waals surface area contributed by atoms with Crippen LogP contribution in [-0.2, 0) is 16.6 Å². The van der Waals surface area contributed by atoms with Crippen LogP contribution in [0.4, 0.5) is 19.5 Å². The number of rotatable bonds is 8. The Morgan fingerprint density at radius 2 is 1.78 bits per heavy atom. The molecule has 0 aliphatic rings. The molecule has 3 aromatic rings. The summed E-state index contributed by atoms with van der Waals surface area (Å²) in [5, 5.41) is 11.8. The zero-order valence-corrected chi connectivity index (χ0v) is 19.6. The van der Waals surface area contributed by atoms with Crippen LogP contribution in [-0.4, -0.2) is 24.5 Å². The number of anilines is 1. The molecule has 6 nitrogen and oxygen atoms in total. The lowest BCUT2D eigenvalue weighted by Crippen LogP contribution is -2.20. The van der Waals surface area contributed by atoms with Gasteiger partial charge in [-0.15, -0.1) is 11.3 Å². The largest absolute Gasteiger partial charge is 0.462 e. The summed E-state index contributed by atoms with van der Waals surface area (Å²) in [6, 6.07) is 9.62. The lowest BCUT2D eigenvalue weighted by atomic mass is 10.1. The highest BCUT2D eigenvalue weighted by atomic mass is 79.9. The average Bonchev–Trinajstić information content (AvgIpc) is 3.16. The molecule has 1 aromatic heterocycles. The minimum atomic E-state index is -0.678. The van der Waals surface area contributed by atoms with Gasteiger partial charge in [-0.3, -0.25) is 10.1 Å². The van der Waals surface area contributed by atoms with Gasteiger partial charge in [0.1, 0.15) is 16.6 Å². The summed E-state index contributed by atoms with van der Waals surface area (Å²) in [6.45, 7) is 1.74. The van der Waals surface area contributed by atoms with Gasteiger partial charge in [-0.2, -0.15) is 0 Å². The summed E-state index contributed by atoms with van der Waals surface area (Å²) in [4.78, 5) is 25.6. The first kappa shape index (κ1) is 23.8. The Hall–Kier alpha value is -2.85. The quantitative estimate of drug-likeness (QED) is 0.149. The number of hydrogen-bond acceptors (Lipinski definition) is 6. The number of nitrogens with zero attached hydrogens (tertiary/aromatic N) is 2. The fraction of sp³-hybridized carbons (Fsp3) is 0.227. The molecule has 32 heavy (non-hydrogen) atoms. The van der Waals surface area contributed by atoms with Crippen LogP contribution in [0.1, 0.15) is 28.4 Å². The molecule has 0 atom stereocenters. The van der Waals surface area contributed by atoms with E-state index in [1.54, 1.807) is 31.0 Å². The zero-order valence-electron chi connectivity index (χ0n) is 17.2. The minimum Gasteiger partial charge on any atom is -0.462 e. The summed E-state index contributed by atoms with van der Waals surface area (Å²) in [7, 11) is 1.64. The van der Waals surface area contributed by atoms with Crippen LogP contribution in [0, 0.1) is 21.7 Å². The summed E-state index contributed by atoms with van der Waals surface area (Å²) in [5.41, 5.74) is 1.44. The first-order chi connectivity index (χ1) is 15.3. The number of halogens is 3. The first-order valence-corrected chi connectivity index (χ1v) is 11.5.